The van der Waals surface area contributed by atoms with Gasteiger partial charge in [-0.15, -0.1) is 0 Å². The normalized spacial score (nSPS) is 18.8. The van der Waals surface area contributed by atoms with Crippen LogP contribution in [0.5, 0.6) is 0 Å². The van der Waals surface area contributed by atoms with Crippen molar-refractivity contribution in [1.29, 1.82) is 0 Å². The molecule has 1 amide bonds. The molecule has 0 aromatic heterocycles. The first-order valence-corrected chi connectivity index (χ1v) is 5.90. The number of carbonyl (C=O) groups is 1. The Morgan fingerprint density at radius 2 is 1.94 bits per heavy atom. The monoisotopic (exact) mass is 254 g/mol. The Balaban J connectivity index is 2.36. The highest BCUT2D eigenvalue weighted by Gasteiger charge is 2.35. The first kappa shape index (κ1) is 13.0. The summed E-state index contributed by atoms with van der Waals surface area (Å²) in [6, 6.07) is 3.46. The summed E-state index contributed by atoms with van der Waals surface area (Å²) in [7, 11) is 0. The lowest BCUT2D eigenvalue weighted by Crippen LogP contribution is -2.60. The van der Waals surface area contributed by atoms with Crippen molar-refractivity contribution in [2.24, 2.45) is 0 Å². The molecular formula is C13H16F2N2O. The minimum atomic E-state index is -0.811. The van der Waals surface area contributed by atoms with Gasteiger partial charge in [0, 0.05) is 19.6 Å². The molecule has 1 aromatic carbocycles. The van der Waals surface area contributed by atoms with E-state index in [-0.39, 0.29) is 0 Å². The Labute approximate surface area is 105 Å². The smallest absolute Gasteiger partial charge is 0.260 e. The van der Waals surface area contributed by atoms with Gasteiger partial charge in [0.1, 0.15) is 17.2 Å². The predicted octanol–water partition coefficient (Wildman–Crippen LogP) is 1.79. The fourth-order valence-electron chi connectivity index (χ4n) is 2.20. The van der Waals surface area contributed by atoms with Gasteiger partial charge in [-0.05, 0) is 26.0 Å². The Hall–Kier alpha value is -1.49. The van der Waals surface area contributed by atoms with Gasteiger partial charge in [0.15, 0.2) is 0 Å². The molecular weight excluding hydrogens is 238 g/mol. The van der Waals surface area contributed by atoms with Gasteiger partial charge in [-0.25, -0.2) is 8.78 Å². The molecule has 3 nitrogen and oxygen atoms in total. The van der Waals surface area contributed by atoms with Crippen LogP contribution in [0, 0.1) is 11.6 Å². The van der Waals surface area contributed by atoms with Crippen LogP contribution in [-0.4, -0.2) is 36.0 Å². The highest BCUT2D eigenvalue weighted by atomic mass is 19.1. The van der Waals surface area contributed by atoms with Crippen LogP contribution in [0.4, 0.5) is 8.78 Å². The lowest BCUT2D eigenvalue weighted by Gasteiger charge is -2.42. The minimum Gasteiger partial charge on any atom is -0.331 e. The maximum absolute atomic E-state index is 13.6. The standard InChI is InChI=1S/C13H16F2N2O/c1-13(2)8-16-6-7-17(13)12(18)11-9(14)4-3-5-10(11)15/h3-5,16H,6-8H2,1-2H3. The molecule has 0 bridgehead atoms. The number of benzene rings is 1. The zero-order valence-electron chi connectivity index (χ0n) is 10.5. The summed E-state index contributed by atoms with van der Waals surface area (Å²) in [5.41, 5.74) is -0.920. The molecule has 1 saturated heterocycles. The van der Waals surface area contributed by atoms with Gasteiger partial charge in [-0.3, -0.25) is 4.79 Å². The largest absolute Gasteiger partial charge is 0.331 e. The lowest BCUT2D eigenvalue weighted by atomic mass is 9.98. The van der Waals surface area contributed by atoms with E-state index in [1.165, 1.54) is 11.0 Å². The quantitative estimate of drug-likeness (QED) is 0.828. The van der Waals surface area contributed by atoms with Crippen molar-refractivity contribution in [3.8, 4) is 0 Å². The average Bonchev–Trinajstić information content (AvgIpc) is 2.27. The summed E-state index contributed by atoms with van der Waals surface area (Å²) in [5.74, 6) is -2.21. The van der Waals surface area contributed by atoms with Crippen LogP contribution in [0.15, 0.2) is 18.2 Å². The van der Waals surface area contributed by atoms with Crippen LogP contribution in [0.1, 0.15) is 24.2 Å². The van der Waals surface area contributed by atoms with E-state index in [9.17, 15) is 13.6 Å². The van der Waals surface area contributed by atoms with E-state index in [0.29, 0.717) is 19.6 Å². The molecule has 0 radical (unpaired) electrons. The number of nitrogens with one attached hydrogen (secondary N) is 1. The predicted molar refractivity (Wildman–Crippen MR) is 64.3 cm³/mol. The SMILES string of the molecule is CC1(C)CNCCN1C(=O)c1c(F)cccc1F. The third-order valence-corrected chi connectivity index (χ3v) is 3.22. The maximum Gasteiger partial charge on any atom is 0.260 e. The third kappa shape index (κ3) is 2.22. The van der Waals surface area contributed by atoms with Crippen LogP contribution in [0.2, 0.25) is 0 Å². The Bertz CT molecular complexity index is 454. The Kier molecular flexibility index (Phi) is 3.34. The van der Waals surface area contributed by atoms with Crippen LogP contribution in [0.25, 0.3) is 0 Å². The van der Waals surface area contributed by atoms with Crippen LogP contribution in [-0.2, 0) is 0 Å². The van der Waals surface area contributed by atoms with Crippen molar-refractivity contribution in [2.75, 3.05) is 19.6 Å². The van der Waals surface area contributed by atoms with E-state index in [2.05, 4.69) is 5.32 Å². The van der Waals surface area contributed by atoms with E-state index in [0.717, 1.165) is 12.1 Å². The summed E-state index contributed by atoms with van der Waals surface area (Å²) >= 11 is 0. The van der Waals surface area contributed by atoms with Crippen LogP contribution in [0.3, 0.4) is 0 Å². The molecule has 1 fully saturated rings. The number of halogens is 2. The molecule has 0 atom stereocenters. The molecule has 1 N–H and O–H groups in total. The number of amides is 1. The van der Waals surface area contributed by atoms with E-state index in [4.69, 9.17) is 0 Å². The third-order valence-electron chi connectivity index (χ3n) is 3.22. The van der Waals surface area contributed by atoms with Crippen molar-refractivity contribution < 1.29 is 13.6 Å². The topological polar surface area (TPSA) is 32.3 Å². The summed E-state index contributed by atoms with van der Waals surface area (Å²) in [6.07, 6.45) is 0. The van der Waals surface area contributed by atoms with Crippen LogP contribution >= 0.6 is 0 Å². The van der Waals surface area contributed by atoms with Crippen molar-refractivity contribution >= 4 is 5.91 Å². The summed E-state index contributed by atoms with van der Waals surface area (Å²) in [4.78, 5) is 13.8. The zero-order valence-corrected chi connectivity index (χ0v) is 10.5. The van der Waals surface area contributed by atoms with E-state index in [1.807, 2.05) is 13.8 Å². The number of nitrogens with zero attached hydrogens (tertiary/aromatic N) is 1. The number of carbonyl (C=O) groups excluding carboxylic acids is 1. The van der Waals surface area contributed by atoms with Gasteiger partial charge in [0.25, 0.3) is 5.91 Å². The molecule has 0 saturated carbocycles. The summed E-state index contributed by atoms with van der Waals surface area (Å²) < 4.78 is 27.2. The Morgan fingerprint density at radius 3 is 2.50 bits per heavy atom. The average molecular weight is 254 g/mol. The molecule has 1 aliphatic heterocycles. The molecule has 5 heteroatoms. The van der Waals surface area contributed by atoms with Gasteiger partial charge in [0.05, 0.1) is 5.54 Å². The van der Waals surface area contributed by atoms with Crippen molar-refractivity contribution in [2.45, 2.75) is 19.4 Å². The molecule has 0 spiro atoms. The second kappa shape index (κ2) is 4.65. The van der Waals surface area contributed by atoms with Gasteiger partial charge in [0.2, 0.25) is 0 Å². The maximum atomic E-state index is 13.6. The number of piperazine rings is 1. The fourth-order valence-corrected chi connectivity index (χ4v) is 2.20. The lowest BCUT2D eigenvalue weighted by molar-refractivity contribution is 0.0468. The Morgan fingerprint density at radius 1 is 1.33 bits per heavy atom. The number of hydrogen-bond donors (Lipinski definition) is 1. The molecule has 0 aliphatic carbocycles. The second-order valence-electron chi connectivity index (χ2n) is 5.04. The molecule has 1 heterocycles. The number of rotatable bonds is 1. The fraction of sp³-hybridized carbons (Fsp3) is 0.462. The van der Waals surface area contributed by atoms with Crippen molar-refractivity contribution in [1.82, 2.24) is 10.2 Å². The highest BCUT2D eigenvalue weighted by molar-refractivity contribution is 5.95. The summed E-state index contributed by atoms with van der Waals surface area (Å²) in [6.45, 7) is 5.42. The molecule has 2 rings (SSSR count). The van der Waals surface area contributed by atoms with Crippen molar-refractivity contribution in [3.05, 3.63) is 35.4 Å². The summed E-state index contributed by atoms with van der Waals surface area (Å²) in [5, 5.41) is 3.16. The van der Waals surface area contributed by atoms with Gasteiger partial charge < -0.3 is 10.2 Å². The molecule has 98 valence electrons. The first-order chi connectivity index (χ1) is 8.43. The van der Waals surface area contributed by atoms with E-state index < -0.39 is 28.6 Å². The zero-order chi connectivity index (χ0) is 13.3. The van der Waals surface area contributed by atoms with E-state index >= 15 is 0 Å². The van der Waals surface area contributed by atoms with Gasteiger partial charge in [-0.2, -0.15) is 0 Å². The van der Waals surface area contributed by atoms with Crippen LogP contribution < -0.4 is 5.32 Å². The van der Waals surface area contributed by atoms with Crippen molar-refractivity contribution in [3.63, 3.8) is 0 Å². The van der Waals surface area contributed by atoms with E-state index in [1.54, 1.807) is 0 Å². The molecule has 1 aromatic rings. The number of hydrogen-bond acceptors (Lipinski definition) is 2. The molecule has 0 unspecified atom stereocenters. The highest BCUT2D eigenvalue weighted by Crippen LogP contribution is 2.22. The van der Waals surface area contributed by atoms with Gasteiger partial charge >= 0.3 is 0 Å². The minimum absolute atomic E-state index is 0.444. The first-order valence-electron chi connectivity index (χ1n) is 5.90. The molecule has 1 aliphatic rings. The second-order valence-corrected chi connectivity index (χ2v) is 5.04. The molecule has 18 heavy (non-hydrogen) atoms. The van der Waals surface area contributed by atoms with Gasteiger partial charge in [-0.1, -0.05) is 6.07 Å².